The van der Waals surface area contributed by atoms with E-state index in [1.165, 1.54) is 5.56 Å². The molecule has 22 heavy (non-hydrogen) atoms. The molecular formula is C18H35O3Ti-. The molecule has 2 rings (SSSR count). The normalized spacial score (nSPS) is 24.9. The van der Waals surface area contributed by atoms with Gasteiger partial charge in [-0.05, 0) is 17.8 Å². The first-order valence-electron chi connectivity index (χ1n) is 7.56. The van der Waals surface area contributed by atoms with Crippen molar-refractivity contribution in [2.24, 2.45) is 11.8 Å². The molecule has 130 valence electrons. The molecule has 1 aliphatic rings. The van der Waals surface area contributed by atoms with Crippen molar-refractivity contribution in [1.82, 2.24) is 0 Å². The van der Waals surface area contributed by atoms with E-state index < -0.39 is 0 Å². The van der Waals surface area contributed by atoms with E-state index in [4.69, 9.17) is 15.3 Å². The summed E-state index contributed by atoms with van der Waals surface area (Å²) in [4.78, 5) is 0. The molecule has 0 saturated carbocycles. The Bertz CT molecular complexity index is 388. The van der Waals surface area contributed by atoms with E-state index in [2.05, 4.69) is 47.6 Å². The van der Waals surface area contributed by atoms with Crippen LogP contribution in [0.5, 0.6) is 0 Å². The average Bonchev–Trinajstić information content (AvgIpc) is 2.85. The van der Waals surface area contributed by atoms with E-state index in [9.17, 15) is 0 Å². The summed E-state index contributed by atoms with van der Waals surface area (Å²) in [5, 5.41) is 21.0. The first kappa shape index (κ1) is 26.8. The minimum absolute atomic E-state index is 0. The predicted octanol–water partition coefficient (Wildman–Crippen LogP) is 3.34. The van der Waals surface area contributed by atoms with Gasteiger partial charge >= 0.3 is 0 Å². The van der Waals surface area contributed by atoms with Crippen molar-refractivity contribution in [3.8, 4) is 0 Å². The Kier molecular flexibility index (Phi) is 16.3. The van der Waals surface area contributed by atoms with E-state index in [-0.39, 0.29) is 21.7 Å². The summed E-state index contributed by atoms with van der Waals surface area (Å²) >= 11 is 0. The summed E-state index contributed by atoms with van der Waals surface area (Å²) in [6.07, 6.45) is 0. The van der Waals surface area contributed by atoms with E-state index in [0.717, 1.165) is 45.0 Å². The maximum absolute atomic E-state index is 7.00. The Balaban J connectivity index is -0.000000463. The molecule has 0 aliphatic heterocycles. The van der Waals surface area contributed by atoms with Gasteiger partial charge in [0.1, 0.15) is 0 Å². The van der Waals surface area contributed by atoms with Crippen LogP contribution < -0.4 is 0 Å². The molecule has 4 unspecified atom stereocenters. The summed E-state index contributed by atoms with van der Waals surface area (Å²) in [6, 6.07) is 2.42. The zero-order valence-electron chi connectivity index (χ0n) is 15.7. The molecule has 0 fully saturated rings. The molecule has 1 aliphatic carbocycles. The fourth-order valence-corrected chi connectivity index (χ4v) is 3.29. The molecule has 0 amide bonds. The number of aliphatic hydroxyl groups excluding tert-OH is 3. The summed E-state index contributed by atoms with van der Waals surface area (Å²) in [7, 11) is 3.00. The van der Waals surface area contributed by atoms with Crippen LogP contribution >= 0.6 is 0 Å². The van der Waals surface area contributed by atoms with Crippen LogP contribution in [0.2, 0.25) is 0 Å². The summed E-state index contributed by atoms with van der Waals surface area (Å²) in [5.74, 6) is 3.10. The Morgan fingerprint density at radius 3 is 1.59 bits per heavy atom. The number of hydrogen-bond donors (Lipinski definition) is 3. The Hall–Kier alpha value is -0.0557. The van der Waals surface area contributed by atoms with Crippen molar-refractivity contribution in [2.45, 2.75) is 53.4 Å². The third kappa shape index (κ3) is 5.54. The minimum atomic E-state index is 0. The van der Waals surface area contributed by atoms with Crippen molar-refractivity contribution in [2.75, 3.05) is 21.3 Å². The van der Waals surface area contributed by atoms with Crippen LogP contribution in [0.4, 0.5) is 0 Å². The topological polar surface area (TPSA) is 60.7 Å². The molecule has 0 saturated heterocycles. The molecule has 0 heterocycles. The van der Waals surface area contributed by atoms with Crippen molar-refractivity contribution < 1.29 is 37.0 Å². The maximum Gasteiger partial charge on any atom is 0.0319 e. The van der Waals surface area contributed by atoms with Crippen LogP contribution in [0.25, 0.3) is 0 Å². The van der Waals surface area contributed by atoms with Gasteiger partial charge in [0.05, 0.1) is 0 Å². The minimum Gasteiger partial charge on any atom is -0.400 e. The molecule has 1 aromatic carbocycles. The van der Waals surface area contributed by atoms with Gasteiger partial charge in [-0.25, -0.2) is 6.07 Å². The fourth-order valence-electron chi connectivity index (χ4n) is 3.29. The van der Waals surface area contributed by atoms with E-state index in [0.29, 0.717) is 0 Å². The number of rotatable bonds is 0. The Morgan fingerprint density at radius 2 is 1.18 bits per heavy atom. The van der Waals surface area contributed by atoms with Gasteiger partial charge in [-0.15, -0.1) is 0 Å². The molecule has 4 atom stereocenters. The molecule has 1 aromatic rings. The van der Waals surface area contributed by atoms with Crippen molar-refractivity contribution >= 4 is 0 Å². The van der Waals surface area contributed by atoms with Gasteiger partial charge in [0.15, 0.2) is 0 Å². The molecular weight excluding hydrogens is 312 g/mol. The average molecular weight is 347 g/mol. The number of fused-ring (bicyclic) bond motifs is 1. The van der Waals surface area contributed by atoms with Gasteiger partial charge in [-0.1, -0.05) is 47.5 Å². The quantitative estimate of drug-likeness (QED) is 0.498. The molecule has 0 radical (unpaired) electrons. The summed E-state index contributed by atoms with van der Waals surface area (Å²) in [5.41, 5.74) is 6.32. The SMILES string of the molecule is CO.CO.CO.Cc1cc2c([c-]1C)C(C)C(C)C(C)C2C.[Ti]. The molecule has 3 nitrogen and oxygen atoms in total. The van der Waals surface area contributed by atoms with Crippen LogP contribution in [-0.2, 0) is 21.7 Å². The maximum atomic E-state index is 7.00. The third-order valence-electron chi connectivity index (χ3n) is 5.03. The summed E-state index contributed by atoms with van der Waals surface area (Å²) in [6.45, 7) is 14.2. The van der Waals surface area contributed by atoms with Gasteiger partial charge in [-0.3, -0.25) is 0 Å². The van der Waals surface area contributed by atoms with Crippen LogP contribution in [0.1, 0.15) is 61.8 Å². The van der Waals surface area contributed by atoms with Crippen molar-refractivity contribution in [3.05, 3.63) is 28.3 Å². The molecule has 0 bridgehead atoms. The van der Waals surface area contributed by atoms with Crippen LogP contribution in [0.15, 0.2) is 6.07 Å². The van der Waals surface area contributed by atoms with E-state index in [1.807, 2.05) is 0 Å². The second-order valence-electron chi connectivity index (χ2n) is 5.62. The molecule has 4 heteroatoms. The van der Waals surface area contributed by atoms with Gasteiger partial charge in [0, 0.05) is 43.0 Å². The Labute approximate surface area is 152 Å². The van der Waals surface area contributed by atoms with E-state index >= 15 is 0 Å². The van der Waals surface area contributed by atoms with Gasteiger partial charge < -0.3 is 15.3 Å². The van der Waals surface area contributed by atoms with Crippen LogP contribution in [-0.4, -0.2) is 36.6 Å². The van der Waals surface area contributed by atoms with Crippen molar-refractivity contribution in [1.29, 1.82) is 0 Å². The van der Waals surface area contributed by atoms with Crippen LogP contribution in [0.3, 0.4) is 0 Å². The van der Waals surface area contributed by atoms with Crippen LogP contribution in [0, 0.1) is 25.7 Å². The van der Waals surface area contributed by atoms with Gasteiger partial charge in [0.25, 0.3) is 0 Å². The zero-order valence-corrected chi connectivity index (χ0v) is 17.3. The second kappa shape index (κ2) is 13.4. The first-order valence-corrected chi connectivity index (χ1v) is 7.56. The van der Waals surface area contributed by atoms with Gasteiger partial charge in [0.2, 0.25) is 0 Å². The largest absolute Gasteiger partial charge is 0.400 e. The number of hydrogen-bond acceptors (Lipinski definition) is 3. The zero-order chi connectivity index (χ0) is 17.3. The molecule has 0 spiro atoms. The first-order chi connectivity index (χ1) is 9.95. The predicted molar refractivity (Wildman–Crippen MR) is 91.1 cm³/mol. The smallest absolute Gasteiger partial charge is 0.0319 e. The van der Waals surface area contributed by atoms with Gasteiger partial charge in [-0.2, -0.15) is 22.3 Å². The summed E-state index contributed by atoms with van der Waals surface area (Å²) < 4.78 is 0. The van der Waals surface area contributed by atoms with E-state index in [1.54, 1.807) is 16.7 Å². The Morgan fingerprint density at radius 1 is 0.818 bits per heavy atom. The fraction of sp³-hybridized carbons (Fsp3) is 0.722. The number of aliphatic hydroxyl groups is 3. The third-order valence-corrected chi connectivity index (χ3v) is 5.03. The molecule has 0 aromatic heterocycles. The second-order valence-corrected chi connectivity index (χ2v) is 5.62. The number of aryl methyl sites for hydroxylation is 1. The standard InChI is InChI=1S/C15H23.3CH4O.Ti/c1-8-7-14-12(5)10(3)11(4)13(6)15(14)9(8)2;3*1-2;/h7,10-13H,1-6H3;3*2H,1H3;/q-1;;;;. The van der Waals surface area contributed by atoms with Crippen molar-refractivity contribution in [3.63, 3.8) is 0 Å². The molecule has 3 N–H and O–H groups in total. The monoisotopic (exact) mass is 347 g/mol.